The zero-order valence-corrected chi connectivity index (χ0v) is 12.3. The number of hydrogen-bond acceptors (Lipinski definition) is 2. The summed E-state index contributed by atoms with van der Waals surface area (Å²) in [4.78, 5) is 12.0. The maximum Gasteiger partial charge on any atom is 0.258 e. The minimum absolute atomic E-state index is 0.194. The number of aryl methyl sites for hydroxylation is 1. The number of amides is 1. The molecule has 2 rings (SSSR count). The van der Waals surface area contributed by atoms with Crippen LogP contribution in [0.1, 0.15) is 15.9 Å². The van der Waals surface area contributed by atoms with Crippen LogP contribution in [0.25, 0.3) is 0 Å². The largest absolute Gasteiger partial charge is 0.396 e. The van der Waals surface area contributed by atoms with E-state index in [4.69, 9.17) is 28.9 Å². The number of nitrogens with one attached hydrogen (secondary N) is 1. The van der Waals surface area contributed by atoms with E-state index in [0.29, 0.717) is 5.02 Å². The first-order valence-corrected chi connectivity index (χ1v) is 6.56. The molecule has 0 aliphatic rings. The average Bonchev–Trinajstić information content (AvgIpc) is 2.40. The summed E-state index contributed by atoms with van der Waals surface area (Å²) >= 11 is 11.9. The molecule has 110 valence electrons. The summed E-state index contributed by atoms with van der Waals surface area (Å²) < 4.78 is 27.0. The number of anilines is 2. The average molecular weight is 331 g/mol. The van der Waals surface area contributed by atoms with Gasteiger partial charge in [0.2, 0.25) is 0 Å². The molecule has 0 unspecified atom stereocenters. The molecule has 2 aromatic carbocycles. The second-order valence-electron chi connectivity index (χ2n) is 4.39. The van der Waals surface area contributed by atoms with E-state index in [1.54, 1.807) is 13.0 Å². The molecule has 0 radical (unpaired) electrons. The van der Waals surface area contributed by atoms with E-state index in [0.717, 1.165) is 17.7 Å². The van der Waals surface area contributed by atoms with Crippen molar-refractivity contribution in [3.63, 3.8) is 0 Å². The van der Waals surface area contributed by atoms with Crippen molar-refractivity contribution in [2.45, 2.75) is 6.92 Å². The number of benzene rings is 2. The van der Waals surface area contributed by atoms with E-state index in [-0.39, 0.29) is 10.7 Å². The predicted octanol–water partition coefficient (Wildman–Crippen LogP) is 4.41. The molecule has 0 aliphatic heterocycles. The summed E-state index contributed by atoms with van der Waals surface area (Å²) in [6, 6.07) is 4.53. The fourth-order valence-electron chi connectivity index (χ4n) is 1.71. The third-order valence-electron chi connectivity index (χ3n) is 2.81. The topological polar surface area (TPSA) is 55.1 Å². The molecule has 0 fully saturated rings. The molecule has 3 nitrogen and oxygen atoms in total. The molecule has 0 atom stereocenters. The van der Waals surface area contributed by atoms with Gasteiger partial charge < -0.3 is 11.1 Å². The van der Waals surface area contributed by atoms with Gasteiger partial charge >= 0.3 is 0 Å². The Kier molecular flexibility index (Phi) is 4.34. The van der Waals surface area contributed by atoms with Gasteiger partial charge in [-0.25, -0.2) is 8.78 Å². The van der Waals surface area contributed by atoms with Gasteiger partial charge in [0.1, 0.15) is 5.82 Å². The van der Waals surface area contributed by atoms with Crippen molar-refractivity contribution in [1.29, 1.82) is 0 Å². The Morgan fingerprint density at radius 2 is 1.81 bits per heavy atom. The third kappa shape index (κ3) is 3.25. The number of rotatable bonds is 2. The monoisotopic (exact) mass is 330 g/mol. The first-order valence-electron chi connectivity index (χ1n) is 5.81. The number of halogens is 4. The molecule has 0 bridgehead atoms. The molecule has 7 heteroatoms. The van der Waals surface area contributed by atoms with Crippen molar-refractivity contribution in [2.24, 2.45) is 0 Å². The highest BCUT2D eigenvalue weighted by molar-refractivity contribution is 6.36. The Morgan fingerprint density at radius 1 is 1.14 bits per heavy atom. The van der Waals surface area contributed by atoms with Gasteiger partial charge in [-0.2, -0.15) is 0 Å². The number of hydrogen-bond donors (Lipinski definition) is 2. The number of carbonyl (C=O) groups is 1. The van der Waals surface area contributed by atoms with E-state index in [2.05, 4.69) is 5.32 Å². The highest BCUT2D eigenvalue weighted by Gasteiger charge is 2.17. The highest BCUT2D eigenvalue weighted by Crippen LogP contribution is 2.29. The second kappa shape index (κ2) is 5.87. The van der Waals surface area contributed by atoms with E-state index < -0.39 is 28.8 Å². The Labute approximate surface area is 129 Å². The molecular formula is C14H10Cl2F2N2O. The number of nitrogen functional groups attached to an aromatic ring is 1. The van der Waals surface area contributed by atoms with Crippen LogP contribution in [0.4, 0.5) is 20.2 Å². The Hall–Kier alpha value is -1.85. The lowest BCUT2D eigenvalue weighted by Gasteiger charge is -2.10. The van der Waals surface area contributed by atoms with Crippen LogP contribution >= 0.6 is 23.2 Å². The Morgan fingerprint density at radius 3 is 2.48 bits per heavy atom. The van der Waals surface area contributed by atoms with Crippen molar-refractivity contribution in [3.05, 3.63) is 57.1 Å². The maximum atomic E-state index is 13.8. The molecule has 21 heavy (non-hydrogen) atoms. The van der Waals surface area contributed by atoms with Crippen LogP contribution in [0.3, 0.4) is 0 Å². The molecule has 0 saturated carbocycles. The summed E-state index contributed by atoms with van der Waals surface area (Å²) in [5, 5.41) is 2.99. The normalized spacial score (nSPS) is 10.5. The minimum Gasteiger partial charge on any atom is -0.396 e. The van der Waals surface area contributed by atoms with Crippen LogP contribution in [0.5, 0.6) is 0 Å². The Balaban J connectivity index is 2.37. The van der Waals surface area contributed by atoms with Crippen LogP contribution < -0.4 is 11.1 Å². The van der Waals surface area contributed by atoms with Gasteiger partial charge in [0, 0.05) is 5.02 Å². The number of carbonyl (C=O) groups excluding carboxylic acids is 1. The molecule has 1 amide bonds. The lowest BCUT2D eigenvalue weighted by molar-refractivity contribution is 0.102. The lowest BCUT2D eigenvalue weighted by atomic mass is 10.1. The summed E-state index contributed by atoms with van der Waals surface area (Å²) in [6.45, 7) is 1.74. The Bertz CT molecular complexity index is 735. The smallest absolute Gasteiger partial charge is 0.258 e. The summed E-state index contributed by atoms with van der Waals surface area (Å²) in [5.74, 6) is -2.68. The van der Waals surface area contributed by atoms with Gasteiger partial charge in [0.05, 0.1) is 22.0 Å². The van der Waals surface area contributed by atoms with Gasteiger partial charge in [-0.15, -0.1) is 0 Å². The molecular weight excluding hydrogens is 321 g/mol. The zero-order chi connectivity index (χ0) is 15.7. The van der Waals surface area contributed by atoms with Crippen LogP contribution in [-0.2, 0) is 0 Å². The van der Waals surface area contributed by atoms with Crippen LogP contribution in [0, 0.1) is 18.6 Å². The SMILES string of the molecule is Cc1cc(Cl)c(NC(=O)c2cc(F)cc(N)c2F)cc1Cl. The highest BCUT2D eigenvalue weighted by atomic mass is 35.5. The van der Waals surface area contributed by atoms with Crippen molar-refractivity contribution in [1.82, 2.24) is 0 Å². The first-order chi connectivity index (χ1) is 9.79. The fourth-order valence-corrected chi connectivity index (χ4v) is 2.14. The summed E-state index contributed by atoms with van der Waals surface area (Å²) in [6.07, 6.45) is 0. The van der Waals surface area contributed by atoms with Crippen LogP contribution in [0.15, 0.2) is 24.3 Å². The van der Waals surface area contributed by atoms with E-state index in [1.807, 2.05) is 0 Å². The van der Waals surface area contributed by atoms with Crippen molar-refractivity contribution >= 4 is 40.5 Å². The van der Waals surface area contributed by atoms with E-state index in [9.17, 15) is 13.6 Å². The van der Waals surface area contributed by atoms with Crippen molar-refractivity contribution in [2.75, 3.05) is 11.1 Å². The second-order valence-corrected chi connectivity index (χ2v) is 5.21. The molecule has 0 heterocycles. The minimum atomic E-state index is -0.997. The quantitative estimate of drug-likeness (QED) is 0.801. The van der Waals surface area contributed by atoms with Gasteiger partial charge in [0.15, 0.2) is 5.82 Å². The van der Waals surface area contributed by atoms with Gasteiger partial charge in [-0.1, -0.05) is 23.2 Å². The van der Waals surface area contributed by atoms with E-state index in [1.165, 1.54) is 6.07 Å². The van der Waals surface area contributed by atoms with E-state index >= 15 is 0 Å². The molecule has 3 N–H and O–H groups in total. The summed E-state index contributed by atoms with van der Waals surface area (Å²) in [5.41, 5.74) is 5.24. The first kappa shape index (κ1) is 15.5. The summed E-state index contributed by atoms with van der Waals surface area (Å²) in [7, 11) is 0. The van der Waals surface area contributed by atoms with Gasteiger partial charge in [0.25, 0.3) is 5.91 Å². The van der Waals surface area contributed by atoms with Crippen LogP contribution in [-0.4, -0.2) is 5.91 Å². The molecule has 0 aliphatic carbocycles. The lowest BCUT2D eigenvalue weighted by Crippen LogP contribution is -2.15. The third-order valence-corrected chi connectivity index (χ3v) is 3.53. The zero-order valence-electron chi connectivity index (χ0n) is 10.8. The molecule has 0 aromatic heterocycles. The predicted molar refractivity (Wildman–Crippen MR) is 79.9 cm³/mol. The molecule has 0 spiro atoms. The number of nitrogens with two attached hydrogens (primary N) is 1. The maximum absolute atomic E-state index is 13.8. The van der Waals surface area contributed by atoms with Crippen LogP contribution in [0.2, 0.25) is 10.0 Å². The fraction of sp³-hybridized carbons (Fsp3) is 0.0714. The molecule has 2 aromatic rings. The standard InChI is InChI=1S/C14H10Cl2F2N2O/c1-6-2-10(16)12(5-9(6)15)20-14(21)8-3-7(17)4-11(19)13(8)18/h2-5H,19H2,1H3,(H,20,21). The van der Waals surface area contributed by atoms with Crippen molar-refractivity contribution < 1.29 is 13.6 Å². The van der Waals surface area contributed by atoms with Gasteiger partial charge in [-0.05, 0) is 36.8 Å². The molecule has 0 saturated heterocycles. The van der Waals surface area contributed by atoms with Gasteiger partial charge in [-0.3, -0.25) is 4.79 Å². The van der Waals surface area contributed by atoms with Crippen molar-refractivity contribution in [3.8, 4) is 0 Å².